The molecule has 100 valence electrons. The maximum atomic E-state index is 6.33. The van der Waals surface area contributed by atoms with Gasteiger partial charge < -0.3 is 5.73 Å². The summed E-state index contributed by atoms with van der Waals surface area (Å²) in [5.41, 5.74) is 9.93. The number of hydrogen-bond acceptors (Lipinski definition) is 4. The molecule has 0 spiro atoms. The summed E-state index contributed by atoms with van der Waals surface area (Å²) in [6.07, 6.45) is 2.35. The van der Waals surface area contributed by atoms with E-state index < -0.39 is 0 Å². The summed E-state index contributed by atoms with van der Waals surface area (Å²) in [6.45, 7) is 10.7. The molecule has 1 saturated carbocycles. The van der Waals surface area contributed by atoms with Crippen molar-refractivity contribution < 1.29 is 0 Å². The van der Waals surface area contributed by atoms with Crippen molar-refractivity contribution in [1.29, 1.82) is 0 Å². The third-order valence-electron chi connectivity index (χ3n) is 4.24. The van der Waals surface area contributed by atoms with E-state index in [1.54, 1.807) is 11.8 Å². The van der Waals surface area contributed by atoms with Crippen LogP contribution in [0.5, 0.6) is 0 Å². The minimum absolute atomic E-state index is 0.230. The summed E-state index contributed by atoms with van der Waals surface area (Å²) in [4.78, 5) is 9.15. The Bertz CT molecular complexity index is 433. The molecule has 0 saturated heterocycles. The van der Waals surface area contributed by atoms with Crippen LogP contribution in [0.4, 0.5) is 0 Å². The quantitative estimate of drug-likeness (QED) is 0.835. The van der Waals surface area contributed by atoms with Gasteiger partial charge in [0.15, 0.2) is 5.16 Å². The third-order valence-corrected chi connectivity index (χ3v) is 5.47. The summed E-state index contributed by atoms with van der Waals surface area (Å²) in [5.74, 6) is 0. The zero-order valence-corrected chi connectivity index (χ0v) is 12.8. The Morgan fingerprint density at radius 1 is 1.17 bits per heavy atom. The second-order valence-corrected chi connectivity index (χ2v) is 7.22. The Labute approximate surface area is 114 Å². The van der Waals surface area contributed by atoms with Crippen LogP contribution in [0.1, 0.15) is 43.6 Å². The van der Waals surface area contributed by atoms with Crippen molar-refractivity contribution in [2.45, 2.75) is 63.9 Å². The fourth-order valence-corrected chi connectivity index (χ4v) is 3.83. The Hall–Kier alpha value is -0.610. The monoisotopic (exact) mass is 265 g/mol. The van der Waals surface area contributed by atoms with E-state index in [4.69, 9.17) is 5.73 Å². The number of rotatable bonds is 2. The molecular weight excluding hydrogens is 242 g/mol. The van der Waals surface area contributed by atoms with Crippen LogP contribution in [0.3, 0.4) is 0 Å². The molecule has 3 nitrogen and oxygen atoms in total. The van der Waals surface area contributed by atoms with Crippen molar-refractivity contribution in [3.8, 4) is 0 Å². The first kappa shape index (κ1) is 13.8. The van der Waals surface area contributed by atoms with Crippen molar-refractivity contribution in [3.63, 3.8) is 0 Å². The molecule has 1 fully saturated rings. The van der Waals surface area contributed by atoms with E-state index in [-0.39, 0.29) is 11.5 Å². The molecule has 1 aliphatic rings. The first-order valence-electron chi connectivity index (χ1n) is 6.55. The van der Waals surface area contributed by atoms with E-state index in [2.05, 4.69) is 30.7 Å². The highest BCUT2D eigenvalue weighted by Gasteiger charge is 2.40. The first-order valence-corrected chi connectivity index (χ1v) is 7.43. The number of nitrogens with two attached hydrogens (primary N) is 1. The van der Waals surface area contributed by atoms with Gasteiger partial charge >= 0.3 is 0 Å². The Kier molecular flexibility index (Phi) is 3.70. The largest absolute Gasteiger partial charge is 0.326 e. The normalized spacial score (nSPS) is 26.6. The lowest BCUT2D eigenvalue weighted by molar-refractivity contribution is 0.334. The second kappa shape index (κ2) is 4.82. The van der Waals surface area contributed by atoms with Gasteiger partial charge in [-0.15, -0.1) is 0 Å². The molecule has 2 N–H and O–H groups in total. The highest BCUT2D eigenvalue weighted by Crippen LogP contribution is 2.43. The standard InChI is InChI=1S/C14H23N3S/c1-8-9(2)16-13(17-10(8)3)18-11-6-7-14(4,5)12(11)15/h11-12H,6-7,15H2,1-5H3. The van der Waals surface area contributed by atoms with E-state index >= 15 is 0 Å². The molecule has 1 heterocycles. The average molecular weight is 265 g/mol. The minimum Gasteiger partial charge on any atom is -0.326 e. The molecule has 2 unspecified atom stereocenters. The van der Waals surface area contributed by atoms with Gasteiger partial charge in [-0.1, -0.05) is 25.6 Å². The second-order valence-electron chi connectivity index (χ2n) is 6.01. The fourth-order valence-electron chi connectivity index (χ4n) is 2.43. The molecule has 4 heteroatoms. The smallest absolute Gasteiger partial charge is 0.188 e. The van der Waals surface area contributed by atoms with E-state index in [9.17, 15) is 0 Å². The van der Waals surface area contributed by atoms with Gasteiger partial charge in [-0.2, -0.15) is 0 Å². The highest BCUT2D eigenvalue weighted by atomic mass is 32.2. The van der Waals surface area contributed by atoms with Gasteiger partial charge in [0, 0.05) is 22.7 Å². The van der Waals surface area contributed by atoms with Crippen molar-refractivity contribution in [2.75, 3.05) is 0 Å². The van der Waals surface area contributed by atoms with Gasteiger partial charge in [0.25, 0.3) is 0 Å². The summed E-state index contributed by atoms with van der Waals surface area (Å²) < 4.78 is 0. The SMILES string of the molecule is Cc1nc(SC2CCC(C)(C)C2N)nc(C)c1C. The lowest BCUT2D eigenvalue weighted by Crippen LogP contribution is -2.38. The van der Waals surface area contributed by atoms with Crippen LogP contribution < -0.4 is 5.73 Å². The molecule has 0 aliphatic heterocycles. The summed E-state index contributed by atoms with van der Waals surface area (Å²) in [7, 11) is 0. The Morgan fingerprint density at radius 2 is 1.72 bits per heavy atom. The Morgan fingerprint density at radius 3 is 2.17 bits per heavy atom. The van der Waals surface area contributed by atoms with Gasteiger partial charge in [-0.3, -0.25) is 0 Å². The van der Waals surface area contributed by atoms with E-state index in [1.807, 2.05) is 13.8 Å². The Balaban J connectivity index is 2.16. The molecular formula is C14H23N3S. The molecule has 0 amide bonds. The summed E-state index contributed by atoms with van der Waals surface area (Å²) in [6, 6.07) is 0.230. The number of hydrogen-bond donors (Lipinski definition) is 1. The van der Waals surface area contributed by atoms with E-state index in [1.165, 1.54) is 12.0 Å². The predicted octanol–water partition coefficient (Wildman–Crippen LogP) is 3.01. The molecule has 1 aromatic heterocycles. The highest BCUT2D eigenvalue weighted by molar-refractivity contribution is 7.99. The molecule has 1 aromatic rings. The number of nitrogens with zero attached hydrogens (tertiary/aromatic N) is 2. The van der Waals surface area contributed by atoms with Crippen LogP contribution in [-0.4, -0.2) is 21.3 Å². The van der Waals surface area contributed by atoms with E-state index in [0.29, 0.717) is 5.25 Å². The fraction of sp³-hybridized carbons (Fsp3) is 0.714. The summed E-state index contributed by atoms with van der Waals surface area (Å²) >= 11 is 1.75. The molecule has 18 heavy (non-hydrogen) atoms. The van der Waals surface area contributed by atoms with Crippen LogP contribution in [0, 0.1) is 26.2 Å². The number of aromatic nitrogens is 2. The summed E-state index contributed by atoms with van der Waals surface area (Å²) in [5, 5.41) is 1.33. The molecule has 0 aromatic carbocycles. The first-order chi connectivity index (χ1) is 8.31. The lowest BCUT2D eigenvalue weighted by atomic mass is 9.88. The van der Waals surface area contributed by atoms with Gasteiger partial charge in [0.05, 0.1) is 0 Å². The van der Waals surface area contributed by atoms with Gasteiger partial charge in [-0.25, -0.2) is 9.97 Å². The van der Waals surface area contributed by atoms with Crippen molar-refractivity contribution in [3.05, 3.63) is 17.0 Å². The van der Waals surface area contributed by atoms with Crippen LogP contribution in [0.25, 0.3) is 0 Å². The molecule has 1 aliphatic carbocycles. The van der Waals surface area contributed by atoms with Gasteiger partial charge in [0.1, 0.15) is 0 Å². The van der Waals surface area contributed by atoms with Crippen molar-refractivity contribution in [1.82, 2.24) is 9.97 Å². The van der Waals surface area contributed by atoms with Crippen LogP contribution >= 0.6 is 11.8 Å². The van der Waals surface area contributed by atoms with Crippen LogP contribution in [0.15, 0.2) is 5.16 Å². The topological polar surface area (TPSA) is 51.8 Å². The average Bonchev–Trinajstić information content (AvgIpc) is 2.53. The van der Waals surface area contributed by atoms with Gasteiger partial charge in [-0.05, 0) is 44.6 Å². The minimum atomic E-state index is 0.230. The van der Waals surface area contributed by atoms with Crippen molar-refractivity contribution >= 4 is 11.8 Å². The molecule has 2 atom stereocenters. The third kappa shape index (κ3) is 2.54. The maximum absolute atomic E-state index is 6.33. The predicted molar refractivity (Wildman–Crippen MR) is 76.9 cm³/mol. The zero-order chi connectivity index (χ0) is 13.5. The maximum Gasteiger partial charge on any atom is 0.188 e. The van der Waals surface area contributed by atoms with Gasteiger partial charge in [0.2, 0.25) is 0 Å². The number of aryl methyl sites for hydroxylation is 2. The van der Waals surface area contributed by atoms with Crippen molar-refractivity contribution in [2.24, 2.45) is 11.1 Å². The van der Waals surface area contributed by atoms with Crippen LogP contribution in [0.2, 0.25) is 0 Å². The molecule has 2 rings (SSSR count). The molecule has 0 bridgehead atoms. The zero-order valence-electron chi connectivity index (χ0n) is 11.9. The number of thioether (sulfide) groups is 1. The lowest BCUT2D eigenvalue weighted by Gasteiger charge is -2.26. The van der Waals surface area contributed by atoms with Crippen LogP contribution in [-0.2, 0) is 0 Å². The molecule has 0 radical (unpaired) electrons. The van der Waals surface area contributed by atoms with E-state index in [0.717, 1.165) is 23.0 Å².